The van der Waals surface area contributed by atoms with Crippen molar-refractivity contribution in [3.05, 3.63) is 16.9 Å². The van der Waals surface area contributed by atoms with E-state index in [-0.39, 0.29) is 11.1 Å². The second-order valence-corrected chi connectivity index (χ2v) is 4.78. The Balaban J connectivity index is 2.96. The maximum Gasteiger partial charge on any atom is 0.248 e. The number of nitrogens with zero attached hydrogens (tertiary/aromatic N) is 3. The van der Waals surface area contributed by atoms with Crippen molar-refractivity contribution in [1.82, 2.24) is 9.97 Å². The van der Waals surface area contributed by atoms with Crippen molar-refractivity contribution in [3.63, 3.8) is 0 Å². The van der Waals surface area contributed by atoms with E-state index in [1.54, 1.807) is 6.92 Å². The molecule has 80 valence electrons. The van der Waals surface area contributed by atoms with Gasteiger partial charge in [0.1, 0.15) is 5.15 Å². The molecule has 0 saturated heterocycles. The highest BCUT2D eigenvalue weighted by atomic mass is 35.5. The molecule has 0 spiro atoms. The molecule has 0 radical (unpaired) electrons. The number of anilines is 1. The highest BCUT2D eigenvalue weighted by molar-refractivity contribution is 7.92. The number of nitriles is 1. The van der Waals surface area contributed by atoms with Crippen molar-refractivity contribution in [2.45, 2.75) is 6.92 Å². The Hall–Kier alpha value is -1.39. The van der Waals surface area contributed by atoms with E-state index in [2.05, 4.69) is 9.97 Å². The fourth-order valence-electron chi connectivity index (χ4n) is 0.836. The fourth-order valence-corrected chi connectivity index (χ4v) is 1.69. The molecular formula is C7H7ClN4O2S. The van der Waals surface area contributed by atoms with Crippen LogP contribution in [0.25, 0.3) is 0 Å². The van der Waals surface area contributed by atoms with Gasteiger partial charge in [0.2, 0.25) is 16.0 Å². The number of hydrogen-bond acceptors (Lipinski definition) is 5. The third-order valence-electron chi connectivity index (χ3n) is 1.32. The SMILES string of the molecule is Cc1cc(Cl)nc(NS(=O)(=O)CC#N)n1. The van der Waals surface area contributed by atoms with Gasteiger partial charge < -0.3 is 0 Å². The van der Waals surface area contributed by atoms with E-state index in [9.17, 15) is 8.42 Å². The van der Waals surface area contributed by atoms with E-state index in [4.69, 9.17) is 16.9 Å². The van der Waals surface area contributed by atoms with Gasteiger partial charge in [-0.15, -0.1) is 0 Å². The Kier molecular flexibility index (Phi) is 3.44. The van der Waals surface area contributed by atoms with Crippen molar-refractivity contribution >= 4 is 27.6 Å². The van der Waals surface area contributed by atoms with Crippen LogP contribution in [0.2, 0.25) is 5.15 Å². The molecule has 0 unspecified atom stereocenters. The summed E-state index contributed by atoms with van der Waals surface area (Å²) in [7, 11) is -3.71. The van der Waals surface area contributed by atoms with Crippen molar-refractivity contribution < 1.29 is 8.42 Å². The van der Waals surface area contributed by atoms with Gasteiger partial charge in [0, 0.05) is 5.69 Å². The average molecular weight is 247 g/mol. The predicted octanol–water partition coefficient (Wildman–Crippen LogP) is 0.704. The summed E-state index contributed by atoms with van der Waals surface area (Å²) in [5.41, 5.74) is 0.532. The molecule has 0 fully saturated rings. The number of halogens is 1. The van der Waals surface area contributed by atoms with Gasteiger partial charge in [-0.1, -0.05) is 11.6 Å². The van der Waals surface area contributed by atoms with Crippen LogP contribution in [0.1, 0.15) is 5.69 Å². The topological polar surface area (TPSA) is 95.7 Å². The zero-order chi connectivity index (χ0) is 11.5. The zero-order valence-corrected chi connectivity index (χ0v) is 9.30. The lowest BCUT2D eigenvalue weighted by atomic mass is 10.5. The monoisotopic (exact) mass is 246 g/mol. The molecule has 0 bridgehead atoms. The number of hydrogen-bond donors (Lipinski definition) is 1. The first-order valence-electron chi connectivity index (χ1n) is 3.81. The van der Waals surface area contributed by atoms with Crippen molar-refractivity contribution in [3.8, 4) is 6.07 Å². The molecule has 0 aliphatic rings. The van der Waals surface area contributed by atoms with Crippen LogP contribution in [0.4, 0.5) is 5.95 Å². The van der Waals surface area contributed by atoms with E-state index in [1.165, 1.54) is 12.1 Å². The van der Waals surface area contributed by atoms with Gasteiger partial charge in [-0.05, 0) is 13.0 Å². The zero-order valence-electron chi connectivity index (χ0n) is 7.73. The van der Waals surface area contributed by atoms with Crippen LogP contribution in [0.5, 0.6) is 0 Å². The highest BCUT2D eigenvalue weighted by Gasteiger charge is 2.11. The van der Waals surface area contributed by atoms with Crippen LogP contribution < -0.4 is 4.72 Å². The number of nitrogens with one attached hydrogen (secondary N) is 1. The van der Waals surface area contributed by atoms with Gasteiger partial charge in [-0.25, -0.2) is 18.4 Å². The molecule has 0 aromatic carbocycles. The van der Waals surface area contributed by atoms with Gasteiger partial charge in [0.15, 0.2) is 5.75 Å². The molecular weight excluding hydrogens is 240 g/mol. The summed E-state index contributed by atoms with van der Waals surface area (Å²) in [5.74, 6) is -0.780. The summed E-state index contributed by atoms with van der Waals surface area (Å²) in [6.07, 6.45) is 0. The maximum atomic E-state index is 11.2. The van der Waals surface area contributed by atoms with E-state index in [1.807, 2.05) is 4.72 Å². The van der Waals surface area contributed by atoms with Gasteiger partial charge in [0.05, 0.1) is 6.07 Å². The Morgan fingerprint density at radius 3 is 2.80 bits per heavy atom. The molecule has 0 aliphatic heterocycles. The molecule has 8 heteroatoms. The number of aryl methyl sites for hydroxylation is 1. The van der Waals surface area contributed by atoms with Crippen LogP contribution in [-0.2, 0) is 10.0 Å². The third kappa shape index (κ3) is 3.69. The largest absolute Gasteiger partial charge is 0.250 e. The lowest BCUT2D eigenvalue weighted by molar-refractivity contribution is 0.604. The molecule has 1 aromatic heterocycles. The van der Waals surface area contributed by atoms with Crippen molar-refractivity contribution in [2.24, 2.45) is 0 Å². The van der Waals surface area contributed by atoms with Gasteiger partial charge in [-0.2, -0.15) is 5.26 Å². The van der Waals surface area contributed by atoms with E-state index >= 15 is 0 Å². The summed E-state index contributed by atoms with van der Waals surface area (Å²) in [6, 6.07) is 3.01. The summed E-state index contributed by atoms with van der Waals surface area (Å²) < 4.78 is 24.4. The lowest BCUT2D eigenvalue weighted by Crippen LogP contribution is -2.17. The summed E-state index contributed by atoms with van der Waals surface area (Å²) in [4.78, 5) is 7.46. The molecule has 1 heterocycles. The molecule has 6 nitrogen and oxygen atoms in total. The van der Waals surface area contributed by atoms with Crippen LogP contribution in [-0.4, -0.2) is 24.1 Å². The first kappa shape index (κ1) is 11.7. The molecule has 0 atom stereocenters. The quantitative estimate of drug-likeness (QED) is 0.792. The Labute approximate surface area is 92.0 Å². The molecule has 0 aliphatic carbocycles. The van der Waals surface area contributed by atoms with Crippen LogP contribution in [0.3, 0.4) is 0 Å². The van der Waals surface area contributed by atoms with Gasteiger partial charge in [-0.3, -0.25) is 4.72 Å². The molecule has 0 saturated carbocycles. The maximum absolute atomic E-state index is 11.2. The number of rotatable bonds is 3. The standard InChI is InChI=1S/C7H7ClN4O2S/c1-5-4-6(8)11-7(10-5)12-15(13,14)3-2-9/h4H,3H2,1H3,(H,10,11,12). The molecule has 1 aromatic rings. The normalized spacial score (nSPS) is 10.7. The molecule has 1 rings (SSSR count). The van der Waals surface area contributed by atoms with Crippen LogP contribution in [0.15, 0.2) is 6.07 Å². The van der Waals surface area contributed by atoms with Gasteiger partial charge in [0.25, 0.3) is 0 Å². The molecule has 0 amide bonds. The summed E-state index contributed by atoms with van der Waals surface area (Å²) in [5, 5.41) is 8.39. The second kappa shape index (κ2) is 4.42. The highest BCUT2D eigenvalue weighted by Crippen LogP contribution is 2.10. The predicted molar refractivity (Wildman–Crippen MR) is 54.8 cm³/mol. The molecule has 1 N–H and O–H groups in total. The Morgan fingerprint density at radius 2 is 2.27 bits per heavy atom. The van der Waals surface area contributed by atoms with Crippen LogP contribution >= 0.6 is 11.6 Å². The molecule has 15 heavy (non-hydrogen) atoms. The first-order valence-corrected chi connectivity index (χ1v) is 5.84. The van der Waals surface area contributed by atoms with E-state index in [0.717, 1.165) is 0 Å². The summed E-state index contributed by atoms with van der Waals surface area (Å²) >= 11 is 5.61. The van der Waals surface area contributed by atoms with Crippen molar-refractivity contribution in [2.75, 3.05) is 10.5 Å². The Morgan fingerprint density at radius 1 is 1.60 bits per heavy atom. The van der Waals surface area contributed by atoms with E-state index < -0.39 is 15.8 Å². The van der Waals surface area contributed by atoms with Crippen LogP contribution in [0, 0.1) is 18.3 Å². The minimum Gasteiger partial charge on any atom is -0.250 e. The van der Waals surface area contributed by atoms with E-state index in [0.29, 0.717) is 5.69 Å². The minimum absolute atomic E-state index is 0.129. The minimum atomic E-state index is -3.71. The second-order valence-electron chi connectivity index (χ2n) is 2.67. The number of sulfonamides is 1. The first-order chi connectivity index (χ1) is 6.93. The average Bonchev–Trinajstić information content (AvgIpc) is 1.99. The fraction of sp³-hybridized carbons (Fsp3) is 0.286. The summed E-state index contributed by atoms with van der Waals surface area (Å²) in [6.45, 7) is 1.65. The number of aromatic nitrogens is 2. The van der Waals surface area contributed by atoms with Gasteiger partial charge >= 0.3 is 0 Å². The smallest absolute Gasteiger partial charge is 0.248 e. The third-order valence-corrected chi connectivity index (χ3v) is 2.52. The lowest BCUT2D eigenvalue weighted by Gasteiger charge is -2.03. The Bertz CT molecular complexity index is 488. The van der Waals surface area contributed by atoms with Crippen molar-refractivity contribution in [1.29, 1.82) is 5.26 Å².